The fourth-order valence-electron chi connectivity index (χ4n) is 13.4. The summed E-state index contributed by atoms with van der Waals surface area (Å²) in [6.45, 7) is 14.2. The molecule has 13 aromatic carbocycles. The van der Waals surface area contributed by atoms with E-state index >= 15 is 0 Å². The molecule has 0 saturated carbocycles. The lowest BCUT2D eigenvalue weighted by Gasteiger charge is -2.45. The Bertz CT molecular complexity index is 4360. The van der Waals surface area contributed by atoms with Crippen LogP contribution in [0.5, 0.6) is 0 Å². The van der Waals surface area contributed by atoms with Crippen LogP contribution in [0.15, 0.2) is 261 Å². The van der Waals surface area contributed by atoms with Crippen molar-refractivity contribution in [2.75, 3.05) is 9.80 Å². The van der Waals surface area contributed by atoms with E-state index in [1.165, 1.54) is 138 Å². The van der Waals surface area contributed by atoms with Crippen LogP contribution in [0.4, 0.5) is 34.1 Å². The lowest BCUT2D eigenvalue weighted by atomic mass is 9.33. The molecule has 0 atom stereocenters. The number of nitrogens with zero attached hydrogens (tertiary/aromatic N) is 2. The zero-order chi connectivity index (χ0) is 54.7. The summed E-state index contributed by atoms with van der Waals surface area (Å²) in [6, 6.07) is 98.6. The number of benzene rings is 13. The third-order valence-corrected chi connectivity index (χ3v) is 17.3. The zero-order valence-corrected chi connectivity index (χ0v) is 46.8. The van der Waals surface area contributed by atoms with Gasteiger partial charge in [0.05, 0.1) is 0 Å². The van der Waals surface area contributed by atoms with E-state index < -0.39 is 0 Å². The molecule has 0 spiro atoms. The SMILES string of the molecule is CC(C)(C)c1cc(-c2ccccc2)cc(C(C)(C)C)c1-c1cc2c3c(c1)N(c1ccc(-c4ccccc4)cc1)c1cc4cc5ccccc5cc4cc1B3c1cc3cc4ccccc4cc3cc1N2c1ccc(-c2ccccc2)cc1. The number of anilines is 6. The Balaban J connectivity index is 1.09. The average Bonchev–Trinajstić information content (AvgIpc) is 2.86. The van der Waals surface area contributed by atoms with Gasteiger partial charge >= 0.3 is 0 Å². The van der Waals surface area contributed by atoms with Crippen molar-refractivity contribution in [3.8, 4) is 44.5 Å². The van der Waals surface area contributed by atoms with Gasteiger partial charge in [-0.15, -0.1) is 0 Å². The number of hydrogen-bond acceptors (Lipinski definition) is 2. The average molecular weight is 1040 g/mol. The Morgan fingerprint density at radius 2 is 0.580 bits per heavy atom. The van der Waals surface area contributed by atoms with E-state index in [0.29, 0.717) is 0 Å². The molecule has 3 heteroatoms. The summed E-state index contributed by atoms with van der Waals surface area (Å²) in [5, 5.41) is 9.89. The van der Waals surface area contributed by atoms with Crippen molar-refractivity contribution in [3.63, 3.8) is 0 Å². The summed E-state index contributed by atoms with van der Waals surface area (Å²) in [6.07, 6.45) is 0. The molecule has 0 saturated heterocycles. The predicted molar refractivity (Wildman–Crippen MR) is 350 cm³/mol. The Kier molecular flexibility index (Phi) is 11.2. The van der Waals surface area contributed by atoms with Crippen molar-refractivity contribution in [2.24, 2.45) is 0 Å². The Morgan fingerprint density at radius 3 is 0.938 bits per heavy atom. The van der Waals surface area contributed by atoms with Gasteiger partial charge in [-0.2, -0.15) is 0 Å². The highest BCUT2D eigenvalue weighted by atomic mass is 15.2. The molecule has 386 valence electrons. The Hall–Kier alpha value is -9.44. The first-order valence-corrected chi connectivity index (χ1v) is 28.7. The van der Waals surface area contributed by atoms with E-state index in [1.807, 2.05) is 0 Å². The Labute approximate surface area is 476 Å². The fourth-order valence-corrected chi connectivity index (χ4v) is 13.4. The highest BCUT2D eigenvalue weighted by Gasteiger charge is 2.45. The Morgan fingerprint density at radius 1 is 0.259 bits per heavy atom. The molecule has 2 aliphatic heterocycles. The normalized spacial score (nSPS) is 13.0. The van der Waals surface area contributed by atoms with Crippen LogP contribution in [0.1, 0.15) is 52.7 Å². The second-order valence-electron chi connectivity index (χ2n) is 24.6. The third-order valence-electron chi connectivity index (χ3n) is 17.3. The molecule has 15 rings (SSSR count). The van der Waals surface area contributed by atoms with Gasteiger partial charge in [0.2, 0.25) is 0 Å². The van der Waals surface area contributed by atoms with Gasteiger partial charge in [0.15, 0.2) is 0 Å². The second kappa shape index (κ2) is 18.6. The van der Waals surface area contributed by atoms with E-state index in [-0.39, 0.29) is 17.5 Å². The van der Waals surface area contributed by atoms with E-state index in [2.05, 4.69) is 312 Å². The maximum atomic E-state index is 2.61. The molecule has 0 aromatic heterocycles. The molecule has 0 radical (unpaired) electrons. The smallest absolute Gasteiger partial charge is 0.252 e. The van der Waals surface area contributed by atoms with Crippen LogP contribution < -0.4 is 26.2 Å². The van der Waals surface area contributed by atoms with Crippen LogP contribution in [0.3, 0.4) is 0 Å². The van der Waals surface area contributed by atoms with Crippen molar-refractivity contribution in [1.82, 2.24) is 0 Å². The lowest BCUT2D eigenvalue weighted by Crippen LogP contribution is -2.61. The van der Waals surface area contributed by atoms with Gasteiger partial charge in [-0.3, -0.25) is 0 Å². The van der Waals surface area contributed by atoms with E-state index in [0.717, 1.165) is 11.4 Å². The number of fused-ring (bicyclic) bond motifs is 8. The zero-order valence-electron chi connectivity index (χ0n) is 46.8. The summed E-state index contributed by atoms with van der Waals surface area (Å²) in [7, 11) is 0. The topological polar surface area (TPSA) is 6.48 Å². The molecule has 81 heavy (non-hydrogen) atoms. The minimum Gasteiger partial charge on any atom is -0.311 e. The summed E-state index contributed by atoms with van der Waals surface area (Å²) in [5.74, 6) is 0. The number of hydrogen-bond donors (Lipinski definition) is 0. The van der Waals surface area contributed by atoms with Gasteiger partial charge in [-0.25, -0.2) is 0 Å². The molecule has 2 heterocycles. The van der Waals surface area contributed by atoms with Crippen LogP contribution in [-0.2, 0) is 10.8 Å². The van der Waals surface area contributed by atoms with Crippen LogP contribution in [0.25, 0.3) is 87.6 Å². The van der Waals surface area contributed by atoms with E-state index in [4.69, 9.17) is 0 Å². The fraction of sp³-hybridized carbons (Fsp3) is 0.103. The van der Waals surface area contributed by atoms with Crippen molar-refractivity contribution in [1.29, 1.82) is 0 Å². The molecular weight excluding hydrogens is 976 g/mol. The largest absolute Gasteiger partial charge is 0.311 e. The molecule has 0 amide bonds. The monoisotopic (exact) mass is 1040 g/mol. The van der Waals surface area contributed by atoms with Crippen LogP contribution in [-0.4, -0.2) is 6.71 Å². The van der Waals surface area contributed by atoms with Gasteiger partial charge in [-0.1, -0.05) is 217 Å². The third kappa shape index (κ3) is 8.25. The van der Waals surface area contributed by atoms with Crippen LogP contribution in [0, 0.1) is 0 Å². The summed E-state index contributed by atoms with van der Waals surface area (Å²) < 4.78 is 0. The first-order valence-electron chi connectivity index (χ1n) is 28.7. The molecule has 0 unspecified atom stereocenters. The highest BCUT2D eigenvalue weighted by Crippen LogP contribution is 2.51. The minimum absolute atomic E-state index is 0.106. The van der Waals surface area contributed by atoms with Crippen molar-refractivity contribution >= 4 is 100 Å². The number of rotatable bonds is 6. The van der Waals surface area contributed by atoms with E-state index in [1.54, 1.807) is 0 Å². The van der Waals surface area contributed by atoms with Crippen LogP contribution in [0.2, 0.25) is 0 Å². The van der Waals surface area contributed by atoms with Gasteiger partial charge in [0.25, 0.3) is 6.71 Å². The first kappa shape index (κ1) is 48.7. The van der Waals surface area contributed by atoms with Crippen molar-refractivity contribution < 1.29 is 0 Å². The standard InChI is InChI=1S/C78H61BN2/c1-77(2,3)67-42-63(52-24-14-9-15-25-52)43-68(78(4,5)6)75(67)64-48-73-76-74(49-64)81(66-36-32-54(33-37-66)51-22-12-8-13-23-51)72-47-62-41-58-29-19-17-27-56(58)39-60(62)45-70(72)79(76)69-44-59-38-55-26-16-18-28-57(55)40-61(59)46-71(69)80(73)65-34-30-53(31-35-65)50-20-10-7-11-21-50/h7-49H,1-6H3. The lowest BCUT2D eigenvalue weighted by molar-refractivity contribution is 0.572. The molecule has 13 aromatic rings. The van der Waals surface area contributed by atoms with Gasteiger partial charge in [0.1, 0.15) is 0 Å². The molecule has 2 nitrogen and oxygen atoms in total. The maximum Gasteiger partial charge on any atom is 0.252 e. The van der Waals surface area contributed by atoms with Crippen LogP contribution >= 0.6 is 0 Å². The maximum absolute atomic E-state index is 2.61. The minimum atomic E-state index is -0.210. The molecular formula is C78H61BN2. The van der Waals surface area contributed by atoms with Crippen molar-refractivity contribution in [3.05, 3.63) is 272 Å². The second-order valence-corrected chi connectivity index (χ2v) is 24.6. The van der Waals surface area contributed by atoms with Crippen molar-refractivity contribution in [2.45, 2.75) is 52.4 Å². The quantitative estimate of drug-likeness (QED) is 0.121. The molecule has 2 aliphatic rings. The van der Waals surface area contributed by atoms with Gasteiger partial charge in [-0.05, 0) is 211 Å². The predicted octanol–water partition coefficient (Wildman–Crippen LogP) is 19.6. The van der Waals surface area contributed by atoms with E-state index in [9.17, 15) is 0 Å². The van der Waals surface area contributed by atoms with Gasteiger partial charge < -0.3 is 9.80 Å². The van der Waals surface area contributed by atoms with Gasteiger partial charge in [0, 0.05) is 34.1 Å². The first-order chi connectivity index (χ1) is 39.4. The molecule has 0 aliphatic carbocycles. The highest BCUT2D eigenvalue weighted by molar-refractivity contribution is 7.00. The molecule has 0 N–H and O–H groups in total. The molecule has 0 fully saturated rings. The molecule has 0 bridgehead atoms. The summed E-state index contributed by atoms with van der Waals surface area (Å²) in [4.78, 5) is 5.22. The summed E-state index contributed by atoms with van der Waals surface area (Å²) >= 11 is 0. The summed E-state index contributed by atoms with van der Waals surface area (Å²) in [5.41, 5.74) is 22.9.